The predicted octanol–water partition coefficient (Wildman–Crippen LogP) is 9.44. The summed E-state index contributed by atoms with van der Waals surface area (Å²) in [6.45, 7) is 8.04. The fourth-order valence-electron chi connectivity index (χ4n) is 11.3. The van der Waals surface area contributed by atoms with E-state index < -0.39 is 45.6 Å². The zero-order valence-electron chi connectivity index (χ0n) is 34.2. The van der Waals surface area contributed by atoms with E-state index in [-0.39, 0.29) is 37.1 Å². The van der Waals surface area contributed by atoms with Gasteiger partial charge in [0.05, 0.1) is 18.6 Å². The molecule has 300 valence electrons. The van der Waals surface area contributed by atoms with E-state index in [4.69, 9.17) is 9.47 Å². The van der Waals surface area contributed by atoms with E-state index in [0.717, 1.165) is 33.4 Å². The third kappa shape index (κ3) is 6.10. The maximum atomic E-state index is 14.1. The molecule has 0 aliphatic heterocycles. The smallest absolute Gasteiger partial charge is 0.310 e. The van der Waals surface area contributed by atoms with Gasteiger partial charge in [0, 0.05) is 29.6 Å². The Balaban J connectivity index is 1.09. The van der Waals surface area contributed by atoms with Gasteiger partial charge in [0.15, 0.2) is 11.4 Å². The second-order valence-electron chi connectivity index (χ2n) is 17.9. The highest BCUT2D eigenvalue weighted by Gasteiger charge is 2.82. The summed E-state index contributed by atoms with van der Waals surface area (Å²) in [6.07, 6.45) is 4.35. The van der Waals surface area contributed by atoms with Crippen molar-refractivity contribution in [3.8, 4) is 11.1 Å². The van der Waals surface area contributed by atoms with Gasteiger partial charge >= 0.3 is 5.97 Å². The Bertz CT molecular complexity index is 2330. The fraction of sp³-hybridized carbons (Fsp3) is 0.321. The van der Waals surface area contributed by atoms with E-state index in [1.54, 1.807) is 13.0 Å². The summed E-state index contributed by atoms with van der Waals surface area (Å²) in [5.41, 5.74) is 1.05. The zero-order valence-corrected chi connectivity index (χ0v) is 34.2. The molecule has 5 aromatic carbocycles. The zero-order chi connectivity index (χ0) is 41.2. The van der Waals surface area contributed by atoms with Gasteiger partial charge in [-0.15, -0.1) is 0 Å². The van der Waals surface area contributed by atoms with E-state index in [9.17, 15) is 19.8 Å². The molecular weight excluding hydrogens is 733 g/mol. The van der Waals surface area contributed by atoms with E-state index in [2.05, 4.69) is 68.5 Å². The van der Waals surface area contributed by atoms with Crippen molar-refractivity contribution < 1.29 is 29.3 Å². The summed E-state index contributed by atoms with van der Waals surface area (Å²) < 4.78 is 13.9. The van der Waals surface area contributed by atoms with Crippen molar-refractivity contribution >= 4 is 11.8 Å². The second kappa shape index (κ2) is 14.4. The average molecular weight is 785 g/mol. The first-order valence-electron chi connectivity index (χ1n) is 20.9. The van der Waals surface area contributed by atoms with Crippen molar-refractivity contribution in [3.05, 3.63) is 191 Å². The lowest BCUT2D eigenvalue weighted by Gasteiger charge is -2.48. The van der Waals surface area contributed by atoms with Gasteiger partial charge in [-0.25, -0.2) is 0 Å². The Morgan fingerprint density at radius 1 is 0.712 bits per heavy atom. The molecule has 1 unspecified atom stereocenters. The lowest BCUT2D eigenvalue weighted by atomic mass is 9.62. The number of rotatable bonds is 10. The molecule has 2 saturated carbocycles. The highest BCUT2D eigenvalue weighted by atomic mass is 16.6. The lowest BCUT2D eigenvalue weighted by Crippen LogP contribution is -2.57. The molecule has 0 heterocycles. The molecule has 59 heavy (non-hydrogen) atoms. The van der Waals surface area contributed by atoms with Crippen LogP contribution in [-0.2, 0) is 31.1 Å². The van der Waals surface area contributed by atoms with Gasteiger partial charge in [-0.3, -0.25) is 9.59 Å². The Kier molecular flexibility index (Phi) is 9.54. The number of esters is 1. The summed E-state index contributed by atoms with van der Waals surface area (Å²) in [6, 6.07) is 48.5. The number of Topliss-reactive ketones (excluding diaryl/α,β-unsaturated/α-hetero) is 1. The molecule has 0 saturated heterocycles. The van der Waals surface area contributed by atoms with Crippen LogP contribution < -0.4 is 0 Å². The lowest BCUT2D eigenvalue weighted by molar-refractivity contribution is -0.163. The molecule has 9 rings (SSSR count). The highest BCUT2D eigenvalue weighted by Crippen LogP contribution is 2.76. The van der Waals surface area contributed by atoms with Crippen molar-refractivity contribution in [1.29, 1.82) is 0 Å². The molecule has 0 spiro atoms. The third-order valence-electron chi connectivity index (χ3n) is 14.2. The number of carbonyl (C=O) groups is 2. The molecule has 0 bridgehead atoms. The van der Waals surface area contributed by atoms with Crippen LogP contribution in [0.15, 0.2) is 169 Å². The standard InChI is InChI=1S/C53H52O6/c1-35-29-45-50(56,48(35)55)33-38(34-58-53(41-19-11-6-12-20-41,42-21-13-7-14-22-42)43-23-15-8-16-24-43)30-44-47-49(3,4)51(47,32-36(2)52(44,45)57)59-46(54)31-37-25-27-40(28-26-37)39-17-9-5-10-18-39/h5-30,35-36,44,47,56-57H,31-34H2,1-4H3/t35?,36-,44+,47-,50-,51+,52-/m1/s1. The van der Waals surface area contributed by atoms with Crippen molar-refractivity contribution in [2.75, 3.05) is 6.61 Å². The van der Waals surface area contributed by atoms with E-state index in [1.807, 2.05) is 104 Å². The summed E-state index contributed by atoms with van der Waals surface area (Å²) in [5.74, 6) is -2.52. The third-order valence-corrected chi connectivity index (χ3v) is 14.2. The van der Waals surface area contributed by atoms with Crippen molar-refractivity contribution in [2.24, 2.45) is 29.1 Å². The van der Waals surface area contributed by atoms with E-state index in [1.165, 1.54) is 0 Å². The topological polar surface area (TPSA) is 93.1 Å². The number of benzene rings is 5. The van der Waals surface area contributed by atoms with Crippen LogP contribution in [0.3, 0.4) is 0 Å². The predicted molar refractivity (Wildman–Crippen MR) is 229 cm³/mol. The number of aliphatic hydroxyl groups is 2. The number of ketones is 1. The maximum Gasteiger partial charge on any atom is 0.310 e. The molecule has 5 aromatic rings. The van der Waals surface area contributed by atoms with Crippen molar-refractivity contribution in [2.45, 2.75) is 69.4 Å². The first-order chi connectivity index (χ1) is 28.3. The average Bonchev–Trinajstić information content (AvgIpc) is 3.65. The molecule has 6 heteroatoms. The van der Waals surface area contributed by atoms with Gasteiger partial charge in [0.2, 0.25) is 0 Å². The Morgan fingerprint density at radius 2 is 1.22 bits per heavy atom. The SMILES string of the molecule is CC1C=C2[C@](O)(CC(COC(c3ccccc3)(c3ccccc3)c3ccccc3)=C[C@H]3[C@@H]4C(C)(C)[C@]4(OC(=O)Cc4ccc(-c5ccccc5)cc4)C[C@@H](C)[C@]23O)C1=O. The first kappa shape index (κ1) is 39.1. The minimum atomic E-state index is -1.91. The number of fused-ring (bicyclic) bond motifs is 5. The monoisotopic (exact) mass is 784 g/mol. The van der Waals surface area contributed by atoms with Crippen LogP contribution in [0.2, 0.25) is 0 Å². The van der Waals surface area contributed by atoms with Crippen LogP contribution in [0, 0.1) is 29.1 Å². The highest BCUT2D eigenvalue weighted by molar-refractivity contribution is 5.98. The Morgan fingerprint density at radius 3 is 1.76 bits per heavy atom. The fourth-order valence-corrected chi connectivity index (χ4v) is 11.3. The van der Waals surface area contributed by atoms with Crippen LogP contribution in [0.5, 0.6) is 0 Å². The van der Waals surface area contributed by atoms with Gasteiger partial charge in [-0.05, 0) is 56.9 Å². The number of allylic oxidation sites excluding steroid dienone is 1. The minimum absolute atomic E-state index is 0.0130. The molecule has 4 aliphatic carbocycles. The first-order valence-corrected chi connectivity index (χ1v) is 20.9. The van der Waals surface area contributed by atoms with Crippen LogP contribution in [-0.4, -0.2) is 45.4 Å². The van der Waals surface area contributed by atoms with Crippen molar-refractivity contribution in [1.82, 2.24) is 0 Å². The summed E-state index contributed by atoms with van der Waals surface area (Å²) in [5, 5.41) is 25.9. The van der Waals surface area contributed by atoms with Crippen LogP contribution in [0.4, 0.5) is 0 Å². The molecule has 2 N–H and O–H groups in total. The second-order valence-corrected chi connectivity index (χ2v) is 17.9. The molecule has 0 amide bonds. The van der Waals surface area contributed by atoms with Gasteiger partial charge < -0.3 is 19.7 Å². The van der Waals surface area contributed by atoms with Crippen molar-refractivity contribution in [3.63, 3.8) is 0 Å². The normalized spacial score (nSPS) is 29.2. The molecule has 0 aromatic heterocycles. The Labute approximate surface area is 347 Å². The summed E-state index contributed by atoms with van der Waals surface area (Å²) in [7, 11) is 0. The minimum Gasteiger partial charge on any atom is -0.458 e. The number of carbonyl (C=O) groups excluding carboxylic acids is 2. The van der Waals surface area contributed by atoms with Gasteiger partial charge in [-0.2, -0.15) is 0 Å². The summed E-state index contributed by atoms with van der Waals surface area (Å²) >= 11 is 0. The largest absolute Gasteiger partial charge is 0.458 e. The van der Waals surface area contributed by atoms with Gasteiger partial charge in [-0.1, -0.05) is 185 Å². The van der Waals surface area contributed by atoms with Crippen LogP contribution in [0.25, 0.3) is 11.1 Å². The van der Waals surface area contributed by atoms with Crippen LogP contribution >= 0.6 is 0 Å². The summed E-state index contributed by atoms with van der Waals surface area (Å²) in [4.78, 5) is 28.1. The number of ether oxygens (including phenoxy) is 2. The molecule has 6 nitrogen and oxygen atoms in total. The maximum absolute atomic E-state index is 14.1. The molecule has 7 atom stereocenters. The molecule has 4 aliphatic rings. The molecule has 0 radical (unpaired) electrons. The van der Waals surface area contributed by atoms with Crippen LogP contribution in [0.1, 0.15) is 62.8 Å². The Hall–Kier alpha value is -5.40. The molecule has 2 fully saturated rings. The quantitative estimate of drug-likeness (QED) is 0.0833. The van der Waals surface area contributed by atoms with Gasteiger partial charge in [0.1, 0.15) is 11.2 Å². The van der Waals surface area contributed by atoms with Gasteiger partial charge in [0.25, 0.3) is 0 Å². The van der Waals surface area contributed by atoms with E-state index in [0.29, 0.717) is 17.6 Å². The number of hydrogen-bond acceptors (Lipinski definition) is 6. The molecular formula is C53H52O6. The van der Waals surface area contributed by atoms with E-state index >= 15 is 0 Å². The number of hydrogen-bond donors (Lipinski definition) is 2.